The van der Waals surface area contributed by atoms with Crippen molar-refractivity contribution in [3.8, 4) is 0 Å². The molecule has 0 radical (unpaired) electrons. The molecular formula is C76H151NO5. The van der Waals surface area contributed by atoms with Crippen molar-refractivity contribution in [1.29, 1.82) is 0 Å². The Kier molecular flexibility index (Phi) is 71.3. The summed E-state index contributed by atoms with van der Waals surface area (Å²) in [6.45, 7) is 5.01. The van der Waals surface area contributed by atoms with Crippen LogP contribution in [0.5, 0.6) is 0 Å². The fourth-order valence-electron chi connectivity index (χ4n) is 12.6. The zero-order valence-electron chi connectivity index (χ0n) is 56.3. The molecule has 490 valence electrons. The van der Waals surface area contributed by atoms with Gasteiger partial charge in [-0.05, 0) is 25.7 Å². The first kappa shape index (κ1) is 80.9. The van der Waals surface area contributed by atoms with Crippen molar-refractivity contribution in [2.75, 3.05) is 13.2 Å². The summed E-state index contributed by atoms with van der Waals surface area (Å²) in [6.07, 6.45) is 89.0. The number of hydrogen-bond acceptors (Lipinski definition) is 5. The van der Waals surface area contributed by atoms with E-state index < -0.39 is 12.1 Å². The van der Waals surface area contributed by atoms with Gasteiger partial charge in [-0.25, -0.2) is 0 Å². The van der Waals surface area contributed by atoms with Crippen LogP contribution in [0.4, 0.5) is 0 Å². The first-order valence-corrected chi connectivity index (χ1v) is 38.3. The summed E-state index contributed by atoms with van der Waals surface area (Å²) in [4.78, 5) is 24.6. The van der Waals surface area contributed by atoms with Crippen LogP contribution in [0.3, 0.4) is 0 Å². The van der Waals surface area contributed by atoms with Gasteiger partial charge < -0.3 is 20.3 Å². The van der Waals surface area contributed by atoms with E-state index in [9.17, 15) is 19.8 Å². The normalized spacial score (nSPS) is 12.4. The summed E-state index contributed by atoms with van der Waals surface area (Å²) in [5.41, 5.74) is 0. The maximum Gasteiger partial charge on any atom is 0.305 e. The topological polar surface area (TPSA) is 95.9 Å². The van der Waals surface area contributed by atoms with E-state index in [0.717, 1.165) is 38.5 Å². The third-order valence-corrected chi connectivity index (χ3v) is 18.4. The standard InChI is InChI=1S/C76H151NO5/c1-3-5-7-9-11-13-15-16-17-18-19-20-21-30-33-36-39-42-45-49-52-56-60-64-68-74(79)73(72-78)77-75(80)69-65-61-57-53-50-46-43-40-37-34-31-28-26-24-22-23-25-27-29-32-35-38-41-44-47-51-55-59-63-67-71-82-76(81)70-66-62-58-54-48-14-12-10-8-6-4-2/h73-74,78-79H,3-72H2,1-2H3,(H,77,80). The van der Waals surface area contributed by atoms with Crippen LogP contribution in [0.1, 0.15) is 450 Å². The number of nitrogens with one attached hydrogen (secondary N) is 1. The molecule has 3 N–H and O–H groups in total. The lowest BCUT2D eigenvalue weighted by molar-refractivity contribution is -0.143. The highest BCUT2D eigenvalue weighted by Gasteiger charge is 2.20. The van der Waals surface area contributed by atoms with E-state index in [4.69, 9.17) is 4.74 Å². The van der Waals surface area contributed by atoms with Gasteiger partial charge in [0.05, 0.1) is 25.4 Å². The molecule has 2 atom stereocenters. The highest BCUT2D eigenvalue weighted by Crippen LogP contribution is 2.20. The van der Waals surface area contributed by atoms with Gasteiger partial charge in [-0.1, -0.05) is 412 Å². The second-order valence-corrected chi connectivity index (χ2v) is 26.7. The quantitative estimate of drug-likeness (QED) is 0.0417. The molecule has 6 nitrogen and oxygen atoms in total. The van der Waals surface area contributed by atoms with Gasteiger partial charge >= 0.3 is 5.97 Å². The predicted molar refractivity (Wildman–Crippen MR) is 361 cm³/mol. The second-order valence-electron chi connectivity index (χ2n) is 26.7. The highest BCUT2D eigenvalue weighted by atomic mass is 16.5. The number of aliphatic hydroxyl groups is 2. The van der Waals surface area contributed by atoms with E-state index in [-0.39, 0.29) is 18.5 Å². The Balaban J connectivity index is 3.33. The molecule has 0 aliphatic rings. The molecule has 0 saturated heterocycles. The van der Waals surface area contributed by atoms with Crippen molar-refractivity contribution >= 4 is 11.9 Å². The number of ether oxygens (including phenoxy) is 1. The van der Waals surface area contributed by atoms with E-state index in [2.05, 4.69) is 19.2 Å². The first-order valence-electron chi connectivity index (χ1n) is 38.3. The van der Waals surface area contributed by atoms with Crippen molar-refractivity contribution in [1.82, 2.24) is 5.32 Å². The van der Waals surface area contributed by atoms with Gasteiger partial charge in [0.1, 0.15) is 0 Å². The van der Waals surface area contributed by atoms with Crippen LogP contribution in [0, 0.1) is 0 Å². The Labute approximate surface area is 515 Å². The van der Waals surface area contributed by atoms with Crippen LogP contribution in [0.25, 0.3) is 0 Å². The number of aliphatic hydroxyl groups excluding tert-OH is 2. The molecule has 0 saturated carbocycles. The maximum absolute atomic E-state index is 12.6. The summed E-state index contributed by atoms with van der Waals surface area (Å²) in [5, 5.41) is 23.5. The number of carbonyl (C=O) groups excluding carboxylic acids is 2. The summed E-state index contributed by atoms with van der Waals surface area (Å²) in [7, 11) is 0. The molecule has 0 spiro atoms. The molecule has 6 heteroatoms. The second kappa shape index (κ2) is 72.3. The Morgan fingerprint density at radius 3 is 0.744 bits per heavy atom. The molecule has 0 bridgehead atoms. The van der Waals surface area contributed by atoms with E-state index in [1.807, 2.05) is 0 Å². The largest absolute Gasteiger partial charge is 0.466 e. The summed E-state index contributed by atoms with van der Waals surface area (Å²) in [6, 6.07) is -0.539. The number of amides is 1. The Bertz CT molecular complexity index is 1200. The van der Waals surface area contributed by atoms with E-state index in [1.165, 1.54) is 379 Å². The van der Waals surface area contributed by atoms with Gasteiger partial charge in [-0.15, -0.1) is 0 Å². The minimum Gasteiger partial charge on any atom is -0.466 e. The number of esters is 1. The summed E-state index contributed by atoms with van der Waals surface area (Å²) >= 11 is 0. The van der Waals surface area contributed by atoms with Gasteiger partial charge in [0.15, 0.2) is 0 Å². The molecule has 0 aliphatic carbocycles. The molecule has 82 heavy (non-hydrogen) atoms. The van der Waals surface area contributed by atoms with Crippen molar-refractivity contribution in [2.24, 2.45) is 0 Å². The molecule has 0 aromatic rings. The van der Waals surface area contributed by atoms with Crippen LogP contribution in [-0.4, -0.2) is 47.4 Å². The Morgan fingerprint density at radius 1 is 0.293 bits per heavy atom. The molecule has 2 unspecified atom stereocenters. The lowest BCUT2D eigenvalue weighted by atomic mass is 10.0. The molecule has 0 aliphatic heterocycles. The fraction of sp³-hybridized carbons (Fsp3) is 0.974. The lowest BCUT2D eigenvalue weighted by Crippen LogP contribution is -2.45. The molecule has 0 rings (SSSR count). The Hall–Kier alpha value is -1.14. The highest BCUT2D eigenvalue weighted by molar-refractivity contribution is 5.76. The third kappa shape index (κ3) is 68.0. The van der Waals surface area contributed by atoms with Gasteiger partial charge in [0.25, 0.3) is 0 Å². The minimum atomic E-state index is -0.662. The van der Waals surface area contributed by atoms with Crippen molar-refractivity contribution < 1.29 is 24.5 Å². The molecular weight excluding hydrogens is 1010 g/mol. The summed E-state index contributed by atoms with van der Waals surface area (Å²) < 4.78 is 5.48. The monoisotopic (exact) mass is 1160 g/mol. The zero-order chi connectivity index (χ0) is 59.2. The number of rotatable bonds is 73. The fourth-order valence-corrected chi connectivity index (χ4v) is 12.6. The number of hydrogen-bond donors (Lipinski definition) is 3. The van der Waals surface area contributed by atoms with Crippen LogP contribution >= 0.6 is 0 Å². The molecule has 0 fully saturated rings. The van der Waals surface area contributed by atoms with E-state index in [1.54, 1.807) is 0 Å². The average Bonchev–Trinajstić information content (AvgIpc) is 3.48. The molecule has 0 aromatic heterocycles. The third-order valence-electron chi connectivity index (χ3n) is 18.4. The lowest BCUT2D eigenvalue weighted by Gasteiger charge is -2.22. The Morgan fingerprint density at radius 2 is 0.500 bits per heavy atom. The van der Waals surface area contributed by atoms with Crippen LogP contribution < -0.4 is 5.32 Å². The predicted octanol–water partition coefficient (Wildman–Crippen LogP) is 24.9. The minimum absolute atomic E-state index is 0.0212. The van der Waals surface area contributed by atoms with Crippen LogP contribution in [-0.2, 0) is 14.3 Å². The van der Waals surface area contributed by atoms with E-state index in [0.29, 0.717) is 25.9 Å². The number of carbonyl (C=O) groups is 2. The number of unbranched alkanes of at least 4 members (excludes halogenated alkanes) is 62. The van der Waals surface area contributed by atoms with Crippen LogP contribution in [0.15, 0.2) is 0 Å². The molecule has 0 heterocycles. The average molecular weight is 1160 g/mol. The zero-order valence-corrected chi connectivity index (χ0v) is 56.3. The first-order chi connectivity index (χ1) is 40.5. The van der Waals surface area contributed by atoms with Gasteiger partial charge in [0, 0.05) is 12.8 Å². The van der Waals surface area contributed by atoms with Crippen molar-refractivity contribution in [2.45, 2.75) is 463 Å². The van der Waals surface area contributed by atoms with E-state index >= 15 is 0 Å². The molecule has 1 amide bonds. The van der Waals surface area contributed by atoms with Gasteiger partial charge in [0.2, 0.25) is 5.91 Å². The van der Waals surface area contributed by atoms with Crippen molar-refractivity contribution in [3.63, 3.8) is 0 Å². The SMILES string of the molecule is CCCCCCCCCCCCCCCCCCCCCCCCCCC(O)C(CO)NC(=O)CCCCCCCCCCCCCCCCCCCCCCCCCCCCCCCCOC(=O)CCCCCCCCCCCCC. The summed E-state index contributed by atoms with van der Waals surface area (Å²) in [5.74, 6) is -0.00346. The van der Waals surface area contributed by atoms with Crippen LogP contribution in [0.2, 0.25) is 0 Å². The van der Waals surface area contributed by atoms with Gasteiger partial charge in [-0.2, -0.15) is 0 Å². The van der Waals surface area contributed by atoms with Crippen molar-refractivity contribution in [3.05, 3.63) is 0 Å². The molecule has 0 aromatic carbocycles. The maximum atomic E-state index is 12.6. The van der Waals surface area contributed by atoms with Gasteiger partial charge in [-0.3, -0.25) is 9.59 Å². The smallest absolute Gasteiger partial charge is 0.305 e.